The first-order chi connectivity index (χ1) is 2.27. The second-order valence-corrected chi connectivity index (χ2v) is 2.09. The molecule has 3 heteroatoms. The predicted octanol–water partition coefficient (Wildman–Crippen LogP) is 1.45. The van der Waals surface area contributed by atoms with Crippen LogP contribution in [-0.2, 0) is 8.89 Å². The van der Waals surface area contributed by atoms with Crippen LogP contribution in [0.2, 0.25) is 6.55 Å². The van der Waals surface area contributed by atoms with E-state index in [1.165, 1.54) is 7.11 Å². The second-order valence-electron chi connectivity index (χ2n) is 0.696. The van der Waals surface area contributed by atoms with Gasteiger partial charge in [0.1, 0.15) is 0 Å². The lowest BCUT2D eigenvalue weighted by atomic mass is 11.8. The van der Waals surface area contributed by atoms with Gasteiger partial charge < -0.3 is 8.89 Å². The van der Waals surface area contributed by atoms with E-state index < -0.39 is 8.93 Å². The largest absolute Gasteiger partial charge is 0.527 e. The first kappa shape index (κ1) is 15.8. The van der Waals surface area contributed by atoms with E-state index >= 15 is 0 Å². The van der Waals surface area contributed by atoms with Crippen LogP contribution in [0.4, 0.5) is 0 Å². The Morgan fingerprint density at radius 3 is 1.57 bits per heavy atom. The van der Waals surface area contributed by atoms with Crippen LogP contribution in [0.5, 0.6) is 0 Å². The highest BCUT2D eigenvalue weighted by molar-refractivity contribution is 6.32. The van der Waals surface area contributed by atoms with Crippen molar-refractivity contribution in [2.45, 2.75) is 21.4 Å². The van der Waals surface area contributed by atoms with Gasteiger partial charge in [0, 0.05) is 6.55 Å². The van der Waals surface area contributed by atoms with E-state index in [-0.39, 0.29) is 14.9 Å². The fraction of sp³-hybridized carbons (Fsp3) is 1.00. The molecule has 0 unspecified atom stereocenters. The molecule has 0 fully saturated rings. The summed E-state index contributed by atoms with van der Waals surface area (Å²) >= 11 is 0. The molecule has 0 aliphatic heterocycles. The van der Waals surface area contributed by atoms with E-state index in [2.05, 4.69) is 4.43 Å². The van der Waals surface area contributed by atoms with E-state index in [1.807, 2.05) is 0 Å². The summed E-state index contributed by atoms with van der Waals surface area (Å²) in [6, 6.07) is 0. The summed E-state index contributed by atoms with van der Waals surface area (Å²) in [5.74, 6) is 0. The molecule has 0 aromatic carbocycles. The van der Waals surface area contributed by atoms with E-state index in [0.29, 0.717) is 0 Å². The monoisotopic (exact) mass is 122 g/mol. The summed E-state index contributed by atoms with van der Waals surface area (Å²) in [6.07, 6.45) is 0. The first-order valence-corrected chi connectivity index (χ1v) is 3.13. The third-order valence-corrected chi connectivity index (χ3v) is 0.862. The van der Waals surface area contributed by atoms with Crippen LogP contribution in [0.15, 0.2) is 0 Å². The molecule has 0 heterocycles. The van der Waals surface area contributed by atoms with Crippen molar-refractivity contribution in [2.75, 3.05) is 7.11 Å². The lowest BCUT2D eigenvalue weighted by Gasteiger charge is -1.79. The minimum absolute atomic E-state index is 0. The zero-order chi connectivity index (χ0) is 4.28. The fourth-order valence-electron chi connectivity index (χ4n) is 0. The molecule has 0 atom stereocenters. The van der Waals surface area contributed by atoms with Crippen molar-refractivity contribution < 1.29 is 8.89 Å². The zero-order valence-electron chi connectivity index (χ0n) is 3.32. The molecule has 0 rings (SSSR count). The van der Waals surface area contributed by atoms with Gasteiger partial charge in [-0.1, -0.05) is 14.9 Å². The maximum atomic E-state index is 9.78. The Kier molecular flexibility index (Phi) is 21.0. The third-order valence-electron chi connectivity index (χ3n) is 0.287. The topological polar surface area (TPSA) is 26.3 Å². The van der Waals surface area contributed by atoms with Crippen LogP contribution >= 0.6 is 0 Å². The van der Waals surface area contributed by atoms with Crippen LogP contribution in [0.1, 0.15) is 14.9 Å². The van der Waals surface area contributed by atoms with Crippen LogP contribution in [0.3, 0.4) is 0 Å². The summed E-state index contributed by atoms with van der Waals surface area (Å²) in [7, 11) is -0.192. The van der Waals surface area contributed by atoms with E-state index in [1.54, 1.807) is 6.55 Å². The quantitative estimate of drug-likeness (QED) is 0.492. The van der Waals surface area contributed by atoms with Gasteiger partial charge in [0.05, 0.1) is 7.11 Å². The molecule has 0 aromatic rings. The number of rotatable bonds is 1. The molecule has 2 nitrogen and oxygen atoms in total. The van der Waals surface area contributed by atoms with Crippen molar-refractivity contribution in [3.05, 3.63) is 0 Å². The Morgan fingerprint density at radius 2 is 1.57 bits per heavy atom. The molecule has 0 saturated heterocycles. The second kappa shape index (κ2) is 9.26. The van der Waals surface area contributed by atoms with Gasteiger partial charge >= 0.3 is 8.93 Å². The van der Waals surface area contributed by atoms with Crippen LogP contribution in [-0.4, -0.2) is 16.0 Å². The van der Waals surface area contributed by atoms with E-state index in [0.717, 1.165) is 0 Å². The highest BCUT2D eigenvalue weighted by Gasteiger charge is 1.84. The maximum Gasteiger partial charge on any atom is 0.498 e. The molecule has 0 saturated carbocycles. The molecule has 0 radical (unpaired) electrons. The smallest absolute Gasteiger partial charge is 0.498 e. The van der Waals surface area contributed by atoms with E-state index in [9.17, 15) is 4.46 Å². The van der Waals surface area contributed by atoms with Gasteiger partial charge in [0.2, 0.25) is 0 Å². The standard InChI is InChI=1S/C2H6O2Si.2CH4/c1-4-5(2)3;;/h1-2H3;2*1H4. The molecule has 0 amide bonds. The summed E-state index contributed by atoms with van der Waals surface area (Å²) in [4.78, 5) is 0. The Morgan fingerprint density at radius 1 is 1.43 bits per heavy atom. The van der Waals surface area contributed by atoms with Crippen molar-refractivity contribution in [3.63, 3.8) is 0 Å². The Labute approximate surface area is 47.3 Å². The van der Waals surface area contributed by atoms with Gasteiger partial charge in [-0.2, -0.15) is 0 Å². The average molecular weight is 122 g/mol. The first-order valence-electron chi connectivity index (χ1n) is 1.32. The SMILES string of the molecule is C.C.CO[Si](C)=O. The lowest BCUT2D eigenvalue weighted by Crippen LogP contribution is -1.92. The molecule has 0 spiro atoms. The lowest BCUT2D eigenvalue weighted by molar-refractivity contribution is 0.370. The Hall–Kier alpha value is -0.183. The molecule has 0 aliphatic carbocycles. The minimum Gasteiger partial charge on any atom is -0.527 e. The fourth-order valence-corrected chi connectivity index (χ4v) is 0. The minimum atomic E-state index is -1.62. The van der Waals surface area contributed by atoms with Crippen LogP contribution in [0, 0.1) is 0 Å². The number of hydrogen-bond donors (Lipinski definition) is 0. The van der Waals surface area contributed by atoms with Gasteiger partial charge in [0.25, 0.3) is 0 Å². The summed E-state index contributed by atoms with van der Waals surface area (Å²) in [5, 5.41) is 0. The third kappa shape index (κ3) is 25.7. The van der Waals surface area contributed by atoms with Crippen LogP contribution < -0.4 is 0 Å². The van der Waals surface area contributed by atoms with Crippen molar-refractivity contribution in [1.29, 1.82) is 0 Å². The molecule has 46 valence electrons. The highest BCUT2D eigenvalue weighted by Crippen LogP contribution is 1.58. The molecule has 0 aliphatic rings. The molecular weight excluding hydrogens is 108 g/mol. The average Bonchev–Trinajstić information content (AvgIpc) is 1.38. The highest BCUT2D eigenvalue weighted by atomic mass is 28.3. The van der Waals surface area contributed by atoms with Gasteiger partial charge in [-0.3, -0.25) is 0 Å². The van der Waals surface area contributed by atoms with Gasteiger partial charge in [-0.25, -0.2) is 0 Å². The van der Waals surface area contributed by atoms with Gasteiger partial charge in [0.15, 0.2) is 0 Å². The Bertz CT molecular complexity index is 45.0. The summed E-state index contributed by atoms with van der Waals surface area (Å²) < 4.78 is 14.1. The molecule has 0 N–H and O–H groups in total. The van der Waals surface area contributed by atoms with Crippen molar-refractivity contribution in [3.8, 4) is 0 Å². The molecule has 7 heavy (non-hydrogen) atoms. The summed E-state index contributed by atoms with van der Waals surface area (Å²) in [6.45, 7) is 1.55. The predicted molar refractivity (Wildman–Crippen MR) is 32.8 cm³/mol. The normalized spacial score (nSPS) is 4.86. The van der Waals surface area contributed by atoms with Gasteiger partial charge in [-0.05, 0) is 0 Å². The van der Waals surface area contributed by atoms with Crippen LogP contribution in [0.25, 0.3) is 0 Å². The van der Waals surface area contributed by atoms with E-state index in [4.69, 9.17) is 0 Å². The van der Waals surface area contributed by atoms with Crippen molar-refractivity contribution in [2.24, 2.45) is 0 Å². The Balaban J connectivity index is -0.0000000800. The summed E-state index contributed by atoms with van der Waals surface area (Å²) in [5.41, 5.74) is 0. The zero-order valence-corrected chi connectivity index (χ0v) is 4.32. The van der Waals surface area contributed by atoms with Crippen molar-refractivity contribution >= 4 is 8.93 Å². The number of hydrogen-bond acceptors (Lipinski definition) is 2. The molecule has 0 aromatic heterocycles. The maximum absolute atomic E-state index is 9.78. The van der Waals surface area contributed by atoms with Crippen molar-refractivity contribution in [1.82, 2.24) is 0 Å². The van der Waals surface area contributed by atoms with Gasteiger partial charge in [-0.15, -0.1) is 0 Å². The molecular formula is C4H14O2Si. The molecule has 0 bridgehead atoms.